The highest BCUT2D eigenvalue weighted by atomic mass is 79.9. The molecular weight excluding hydrogens is 211 g/mol. The second-order valence-electron chi connectivity index (χ2n) is 3.20. The number of hydrogen-bond acceptors (Lipinski definition) is 0. The van der Waals surface area contributed by atoms with E-state index < -0.39 is 0 Å². The molecule has 0 N–H and O–H groups in total. The van der Waals surface area contributed by atoms with E-state index in [4.69, 9.17) is 11.6 Å². The van der Waals surface area contributed by atoms with E-state index in [9.17, 15) is 0 Å². The predicted octanol–water partition coefficient (Wildman–Crippen LogP) is 3.43. The average Bonchev–Trinajstić information content (AvgIpc) is 2.05. The van der Waals surface area contributed by atoms with Gasteiger partial charge in [0.1, 0.15) is 0 Å². The van der Waals surface area contributed by atoms with E-state index in [0.717, 1.165) is 17.7 Å². The molecule has 1 fully saturated rings. The van der Waals surface area contributed by atoms with Crippen LogP contribution in [-0.4, -0.2) is 11.2 Å². The summed E-state index contributed by atoms with van der Waals surface area (Å²) in [5.74, 6) is 2.62. The highest BCUT2D eigenvalue weighted by Gasteiger charge is 2.18. The molecule has 1 aliphatic carbocycles. The lowest BCUT2D eigenvalue weighted by atomic mass is 9.84. The molecule has 0 bridgehead atoms. The zero-order valence-electron chi connectivity index (χ0n) is 6.15. The van der Waals surface area contributed by atoms with Crippen LogP contribution in [0.15, 0.2) is 0 Å². The summed E-state index contributed by atoms with van der Waals surface area (Å²) in [5, 5.41) is 1.18. The van der Waals surface area contributed by atoms with Crippen molar-refractivity contribution >= 4 is 27.5 Å². The van der Waals surface area contributed by atoms with Gasteiger partial charge in [0.2, 0.25) is 0 Å². The first-order valence-electron chi connectivity index (χ1n) is 3.98. The third-order valence-corrected chi connectivity index (χ3v) is 3.75. The highest BCUT2D eigenvalue weighted by Crippen LogP contribution is 2.30. The van der Waals surface area contributed by atoms with Gasteiger partial charge in [-0.05, 0) is 37.5 Å². The molecule has 0 aromatic carbocycles. The minimum Gasteiger partial charge on any atom is -0.126 e. The van der Waals surface area contributed by atoms with Crippen LogP contribution < -0.4 is 0 Å². The smallest absolute Gasteiger partial charge is 0.0251 e. The van der Waals surface area contributed by atoms with Crippen LogP contribution >= 0.6 is 27.5 Å². The van der Waals surface area contributed by atoms with Gasteiger partial charge in [-0.2, -0.15) is 0 Å². The van der Waals surface area contributed by atoms with E-state index in [1.54, 1.807) is 0 Å². The molecule has 0 aliphatic heterocycles. The number of rotatable bonds is 2. The Labute approximate surface area is 76.5 Å². The molecule has 2 heteroatoms. The summed E-state index contributed by atoms with van der Waals surface area (Å²) in [6, 6.07) is 0. The van der Waals surface area contributed by atoms with Gasteiger partial charge in [-0.1, -0.05) is 15.9 Å². The summed E-state index contributed by atoms with van der Waals surface area (Å²) in [6.45, 7) is 0. The summed E-state index contributed by atoms with van der Waals surface area (Å²) in [5.41, 5.74) is 0. The maximum atomic E-state index is 5.76. The molecule has 1 rings (SSSR count). The van der Waals surface area contributed by atoms with E-state index in [1.165, 1.54) is 31.0 Å². The van der Waals surface area contributed by atoms with Gasteiger partial charge in [0.05, 0.1) is 0 Å². The van der Waals surface area contributed by atoms with Crippen molar-refractivity contribution in [1.82, 2.24) is 0 Å². The first-order chi connectivity index (χ1) is 4.86. The van der Waals surface area contributed by atoms with Gasteiger partial charge in [0.15, 0.2) is 0 Å². The molecule has 0 spiro atoms. The summed E-state index contributed by atoms with van der Waals surface area (Å²) < 4.78 is 0. The van der Waals surface area contributed by atoms with Crippen LogP contribution in [-0.2, 0) is 0 Å². The Kier molecular flexibility index (Phi) is 4.08. The lowest BCUT2D eigenvalue weighted by Crippen LogP contribution is -2.16. The molecule has 0 saturated heterocycles. The van der Waals surface area contributed by atoms with Gasteiger partial charge in [-0.25, -0.2) is 0 Å². The van der Waals surface area contributed by atoms with Crippen LogP contribution in [0.1, 0.15) is 25.7 Å². The SMILES string of the molecule is ClCC1CCC(CBr)CC1. The van der Waals surface area contributed by atoms with Crippen LogP contribution in [0.2, 0.25) is 0 Å². The molecule has 0 heterocycles. The molecule has 0 radical (unpaired) electrons. The Balaban J connectivity index is 2.17. The van der Waals surface area contributed by atoms with Crippen molar-refractivity contribution in [2.24, 2.45) is 11.8 Å². The minimum atomic E-state index is 0.817. The Morgan fingerprint density at radius 2 is 1.60 bits per heavy atom. The molecule has 0 aromatic rings. The Morgan fingerprint density at radius 1 is 1.10 bits per heavy atom. The normalized spacial score (nSPS) is 34.2. The standard InChI is InChI=1S/C8H14BrCl/c9-5-7-1-3-8(6-10)4-2-7/h7-8H,1-6H2. The van der Waals surface area contributed by atoms with Crippen molar-refractivity contribution in [3.63, 3.8) is 0 Å². The Morgan fingerprint density at radius 3 is 2.00 bits per heavy atom. The van der Waals surface area contributed by atoms with Crippen LogP contribution in [0, 0.1) is 11.8 Å². The monoisotopic (exact) mass is 224 g/mol. The topological polar surface area (TPSA) is 0 Å². The lowest BCUT2D eigenvalue weighted by molar-refractivity contribution is 0.315. The number of halogens is 2. The zero-order valence-corrected chi connectivity index (χ0v) is 8.50. The van der Waals surface area contributed by atoms with Crippen LogP contribution in [0.4, 0.5) is 0 Å². The largest absolute Gasteiger partial charge is 0.126 e. The summed E-state index contributed by atoms with van der Waals surface area (Å²) in [6.07, 6.45) is 5.45. The lowest BCUT2D eigenvalue weighted by Gasteiger charge is -2.25. The molecule has 0 amide bonds. The van der Waals surface area contributed by atoms with E-state index in [1.807, 2.05) is 0 Å². The molecule has 1 aliphatic rings. The maximum absolute atomic E-state index is 5.76. The fourth-order valence-electron chi connectivity index (χ4n) is 1.54. The summed E-state index contributed by atoms with van der Waals surface area (Å²) in [7, 11) is 0. The van der Waals surface area contributed by atoms with Crippen molar-refractivity contribution in [1.29, 1.82) is 0 Å². The molecule has 10 heavy (non-hydrogen) atoms. The van der Waals surface area contributed by atoms with Crippen LogP contribution in [0.25, 0.3) is 0 Å². The molecule has 60 valence electrons. The van der Waals surface area contributed by atoms with E-state index in [-0.39, 0.29) is 0 Å². The molecule has 0 atom stereocenters. The van der Waals surface area contributed by atoms with Crippen LogP contribution in [0.3, 0.4) is 0 Å². The van der Waals surface area contributed by atoms with Crippen molar-refractivity contribution in [3.05, 3.63) is 0 Å². The van der Waals surface area contributed by atoms with E-state index >= 15 is 0 Å². The maximum Gasteiger partial charge on any atom is 0.0251 e. The van der Waals surface area contributed by atoms with Crippen molar-refractivity contribution in [2.45, 2.75) is 25.7 Å². The number of hydrogen-bond donors (Lipinski definition) is 0. The Bertz CT molecular complexity index is 75.3. The second kappa shape index (κ2) is 4.61. The summed E-state index contributed by atoms with van der Waals surface area (Å²) >= 11 is 9.28. The molecule has 1 saturated carbocycles. The third-order valence-electron chi connectivity index (χ3n) is 2.40. The molecule has 0 nitrogen and oxygen atoms in total. The first kappa shape index (κ1) is 8.86. The fourth-order valence-corrected chi connectivity index (χ4v) is 2.50. The second-order valence-corrected chi connectivity index (χ2v) is 4.15. The molecular formula is C8H14BrCl. The number of alkyl halides is 2. The van der Waals surface area contributed by atoms with Crippen molar-refractivity contribution in [2.75, 3.05) is 11.2 Å². The van der Waals surface area contributed by atoms with E-state index in [0.29, 0.717) is 0 Å². The predicted molar refractivity (Wildman–Crippen MR) is 50.0 cm³/mol. The fraction of sp³-hybridized carbons (Fsp3) is 1.00. The highest BCUT2D eigenvalue weighted by molar-refractivity contribution is 9.09. The quantitative estimate of drug-likeness (QED) is 0.632. The average molecular weight is 226 g/mol. The van der Waals surface area contributed by atoms with Crippen molar-refractivity contribution in [3.8, 4) is 0 Å². The third kappa shape index (κ3) is 2.43. The molecule has 0 unspecified atom stereocenters. The van der Waals surface area contributed by atoms with Gasteiger partial charge in [0.25, 0.3) is 0 Å². The van der Waals surface area contributed by atoms with Gasteiger partial charge in [0, 0.05) is 11.2 Å². The van der Waals surface area contributed by atoms with Crippen molar-refractivity contribution < 1.29 is 0 Å². The van der Waals surface area contributed by atoms with E-state index in [2.05, 4.69) is 15.9 Å². The minimum absolute atomic E-state index is 0.817. The van der Waals surface area contributed by atoms with Gasteiger partial charge >= 0.3 is 0 Å². The van der Waals surface area contributed by atoms with Gasteiger partial charge in [-0.15, -0.1) is 11.6 Å². The summed E-state index contributed by atoms with van der Waals surface area (Å²) in [4.78, 5) is 0. The van der Waals surface area contributed by atoms with Gasteiger partial charge < -0.3 is 0 Å². The van der Waals surface area contributed by atoms with Gasteiger partial charge in [-0.3, -0.25) is 0 Å². The first-order valence-corrected chi connectivity index (χ1v) is 5.64. The van der Waals surface area contributed by atoms with Crippen LogP contribution in [0.5, 0.6) is 0 Å². The molecule has 0 aromatic heterocycles. The Hall–Kier alpha value is 0.770. The zero-order chi connectivity index (χ0) is 7.40.